The average Bonchev–Trinajstić information content (AvgIpc) is 3.26. The lowest BCUT2D eigenvalue weighted by molar-refractivity contribution is -0.119. The summed E-state index contributed by atoms with van der Waals surface area (Å²) >= 11 is 0. The van der Waals surface area contributed by atoms with E-state index in [-0.39, 0.29) is 11.8 Å². The van der Waals surface area contributed by atoms with Crippen molar-refractivity contribution < 1.29 is 4.79 Å². The van der Waals surface area contributed by atoms with Crippen molar-refractivity contribution in [3.63, 3.8) is 0 Å². The molecule has 0 bridgehead atoms. The predicted molar refractivity (Wildman–Crippen MR) is 99.3 cm³/mol. The van der Waals surface area contributed by atoms with Crippen molar-refractivity contribution >= 4 is 22.5 Å². The number of anilines is 1. The first-order chi connectivity index (χ1) is 12.2. The molecule has 1 saturated heterocycles. The average molecular weight is 334 g/mol. The zero-order valence-electron chi connectivity index (χ0n) is 14.3. The lowest BCUT2D eigenvalue weighted by Gasteiger charge is -2.16. The molecule has 1 aliphatic rings. The number of amides is 1. The van der Waals surface area contributed by atoms with Crippen LogP contribution in [-0.2, 0) is 11.3 Å². The highest BCUT2D eigenvalue weighted by molar-refractivity contribution is 5.95. The summed E-state index contributed by atoms with van der Waals surface area (Å²) < 4.78 is 0. The molecule has 0 spiro atoms. The lowest BCUT2D eigenvalue weighted by atomic mass is 10.1. The number of aromatic nitrogens is 2. The lowest BCUT2D eigenvalue weighted by Crippen LogP contribution is -2.26. The maximum atomic E-state index is 12.6. The molecule has 0 radical (unpaired) electrons. The predicted octanol–water partition coefficient (Wildman–Crippen LogP) is 3.33. The van der Waals surface area contributed by atoms with Crippen LogP contribution in [0.25, 0.3) is 10.9 Å². The van der Waals surface area contributed by atoms with Crippen molar-refractivity contribution in [3.05, 3.63) is 59.8 Å². The van der Waals surface area contributed by atoms with Gasteiger partial charge in [-0.2, -0.15) is 5.10 Å². The minimum Gasteiger partial charge on any atom is -0.326 e. The SMILES string of the molecule is Cc1ccc(CN2CCC(C(=O)Nc3ccc4[nH]ncc4c3)C2)cc1. The van der Waals surface area contributed by atoms with Gasteiger partial charge in [0.1, 0.15) is 0 Å². The number of fused-ring (bicyclic) bond motifs is 1. The number of H-pyrrole nitrogens is 1. The van der Waals surface area contributed by atoms with Crippen molar-refractivity contribution in [2.24, 2.45) is 5.92 Å². The van der Waals surface area contributed by atoms with Crippen LogP contribution in [0.3, 0.4) is 0 Å². The molecule has 25 heavy (non-hydrogen) atoms. The summed E-state index contributed by atoms with van der Waals surface area (Å²) in [7, 11) is 0. The number of benzene rings is 2. The van der Waals surface area contributed by atoms with Crippen molar-refractivity contribution in [1.29, 1.82) is 0 Å². The third-order valence-corrected chi connectivity index (χ3v) is 4.88. The molecule has 2 heterocycles. The molecule has 1 aromatic heterocycles. The van der Waals surface area contributed by atoms with Crippen LogP contribution < -0.4 is 5.32 Å². The highest BCUT2D eigenvalue weighted by atomic mass is 16.1. The molecule has 5 heteroatoms. The number of carbonyl (C=O) groups excluding carboxylic acids is 1. The van der Waals surface area contributed by atoms with Crippen LogP contribution in [0.4, 0.5) is 5.69 Å². The van der Waals surface area contributed by atoms with Crippen molar-refractivity contribution in [2.45, 2.75) is 19.9 Å². The van der Waals surface area contributed by atoms with E-state index in [9.17, 15) is 4.79 Å². The Morgan fingerprint density at radius 2 is 2.12 bits per heavy atom. The number of hydrogen-bond donors (Lipinski definition) is 2. The van der Waals surface area contributed by atoms with Gasteiger partial charge in [-0.3, -0.25) is 14.8 Å². The summed E-state index contributed by atoms with van der Waals surface area (Å²) in [6, 6.07) is 14.4. The molecular weight excluding hydrogens is 312 g/mol. The third-order valence-electron chi connectivity index (χ3n) is 4.88. The van der Waals surface area contributed by atoms with Crippen LogP contribution in [0.2, 0.25) is 0 Å². The second kappa shape index (κ2) is 6.69. The van der Waals surface area contributed by atoms with Crippen molar-refractivity contribution in [2.75, 3.05) is 18.4 Å². The molecule has 2 N–H and O–H groups in total. The zero-order chi connectivity index (χ0) is 17.2. The number of aryl methyl sites for hydroxylation is 1. The molecule has 0 aliphatic carbocycles. The Labute approximate surface area is 147 Å². The fourth-order valence-corrected chi connectivity index (χ4v) is 3.41. The van der Waals surface area contributed by atoms with Crippen LogP contribution in [0, 0.1) is 12.8 Å². The fourth-order valence-electron chi connectivity index (χ4n) is 3.41. The molecule has 3 aromatic rings. The van der Waals surface area contributed by atoms with Crippen LogP contribution >= 0.6 is 0 Å². The van der Waals surface area contributed by atoms with Gasteiger partial charge in [-0.05, 0) is 43.7 Å². The second-order valence-corrected chi connectivity index (χ2v) is 6.87. The minimum absolute atomic E-state index is 0.0468. The highest BCUT2D eigenvalue weighted by Gasteiger charge is 2.28. The number of likely N-dealkylation sites (tertiary alicyclic amines) is 1. The van der Waals surface area contributed by atoms with Crippen LogP contribution in [-0.4, -0.2) is 34.1 Å². The quantitative estimate of drug-likeness (QED) is 0.769. The van der Waals surface area contributed by atoms with Gasteiger partial charge >= 0.3 is 0 Å². The third kappa shape index (κ3) is 3.56. The summed E-state index contributed by atoms with van der Waals surface area (Å²) in [4.78, 5) is 14.9. The second-order valence-electron chi connectivity index (χ2n) is 6.87. The maximum absolute atomic E-state index is 12.6. The Morgan fingerprint density at radius 3 is 2.96 bits per heavy atom. The molecular formula is C20H22N4O. The van der Waals surface area contributed by atoms with Crippen LogP contribution in [0.5, 0.6) is 0 Å². The van der Waals surface area contributed by atoms with Gasteiger partial charge in [0.15, 0.2) is 0 Å². The van der Waals surface area contributed by atoms with E-state index < -0.39 is 0 Å². The minimum atomic E-state index is 0.0468. The molecule has 2 aromatic carbocycles. The van der Waals surface area contributed by atoms with E-state index in [0.29, 0.717) is 0 Å². The van der Waals surface area contributed by atoms with E-state index in [0.717, 1.165) is 42.6 Å². The summed E-state index contributed by atoms with van der Waals surface area (Å²) in [5, 5.41) is 11.0. The first kappa shape index (κ1) is 15.8. The van der Waals surface area contributed by atoms with E-state index in [2.05, 4.69) is 51.6 Å². The fraction of sp³-hybridized carbons (Fsp3) is 0.300. The van der Waals surface area contributed by atoms with Gasteiger partial charge in [-0.25, -0.2) is 0 Å². The Balaban J connectivity index is 1.35. The molecule has 0 saturated carbocycles. The first-order valence-electron chi connectivity index (χ1n) is 8.69. The number of nitrogens with one attached hydrogen (secondary N) is 2. The Hall–Kier alpha value is -2.66. The standard InChI is InChI=1S/C20H22N4O/c1-14-2-4-15(5-3-14)12-24-9-8-16(13-24)20(25)22-18-6-7-19-17(10-18)11-21-23-19/h2-7,10-11,16H,8-9,12-13H2,1H3,(H,21,23)(H,22,25). The molecule has 5 nitrogen and oxygen atoms in total. The van der Waals surface area contributed by atoms with Crippen LogP contribution in [0.15, 0.2) is 48.7 Å². The molecule has 1 amide bonds. The monoisotopic (exact) mass is 334 g/mol. The Kier molecular flexibility index (Phi) is 4.24. The van der Waals surface area contributed by atoms with Gasteiger partial charge in [0.2, 0.25) is 5.91 Å². The first-order valence-corrected chi connectivity index (χ1v) is 8.69. The van der Waals surface area contributed by atoms with Gasteiger partial charge in [0.25, 0.3) is 0 Å². The summed E-state index contributed by atoms with van der Waals surface area (Å²) in [5.74, 6) is 0.153. The van der Waals surface area contributed by atoms with E-state index >= 15 is 0 Å². The van der Waals surface area contributed by atoms with Crippen LogP contribution in [0.1, 0.15) is 17.5 Å². The van der Waals surface area contributed by atoms with Crippen molar-refractivity contribution in [3.8, 4) is 0 Å². The van der Waals surface area contributed by atoms with Gasteiger partial charge in [0.05, 0.1) is 17.6 Å². The summed E-state index contributed by atoms with van der Waals surface area (Å²) in [6.07, 6.45) is 2.68. The van der Waals surface area contributed by atoms with E-state index in [1.807, 2.05) is 18.2 Å². The zero-order valence-corrected chi connectivity index (χ0v) is 14.3. The Morgan fingerprint density at radius 1 is 1.28 bits per heavy atom. The number of aromatic amines is 1. The highest BCUT2D eigenvalue weighted by Crippen LogP contribution is 2.22. The normalized spacial score (nSPS) is 17.9. The van der Waals surface area contributed by atoms with Gasteiger partial charge in [-0.15, -0.1) is 0 Å². The molecule has 128 valence electrons. The van der Waals surface area contributed by atoms with E-state index in [4.69, 9.17) is 0 Å². The number of rotatable bonds is 4. The Bertz CT molecular complexity index is 884. The maximum Gasteiger partial charge on any atom is 0.228 e. The molecule has 4 rings (SSSR count). The summed E-state index contributed by atoms with van der Waals surface area (Å²) in [5.41, 5.74) is 4.38. The topological polar surface area (TPSA) is 61.0 Å². The number of hydrogen-bond acceptors (Lipinski definition) is 3. The summed E-state index contributed by atoms with van der Waals surface area (Å²) in [6.45, 7) is 4.78. The van der Waals surface area contributed by atoms with Gasteiger partial charge in [0, 0.05) is 24.2 Å². The van der Waals surface area contributed by atoms with Gasteiger partial charge in [-0.1, -0.05) is 29.8 Å². The number of nitrogens with zero attached hydrogens (tertiary/aromatic N) is 2. The van der Waals surface area contributed by atoms with Crippen molar-refractivity contribution in [1.82, 2.24) is 15.1 Å². The van der Waals surface area contributed by atoms with E-state index in [1.165, 1.54) is 11.1 Å². The molecule has 1 fully saturated rings. The smallest absolute Gasteiger partial charge is 0.228 e. The molecule has 1 unspecified atom stereocenters. The molecule has 1 aliphatic heterocycles. The van der Waals surface area contributed by atoms with E-state index in [1.54, 1.807) is 6.20 Å². The molecule has 1 atom stereocenters. The van der Waals surface area contributed by atoms with Gasteiger partial charge < -0.3 is 5.32 Å². The largest absolute Gasteiger partial charge is 0.326 e. The number of carbonyl (C=O) groups is 1.